The van der Waals surface area contributed by atoms with E-state index in [2.05, 4.69) is 14.7 Å². The second kappa shape index (κ2) is 5.55. The molecular weight excluding hydrogens is 250 g/mol. The minimum Gasteiger partial charge on any atom is -0.335 e. The van der Waals surface area contributed by atoms with Crippen molar-refractivity contribution in [1.82, 2.24) is 14.7 Å². The van der Waals surface area contributed by atoms with Crippen LogP contribution in [0.1, 0.15) is 13.3 Å². The van der Waals surface area contributed by atoms with E-state index >= 15 is 0 Å². The summed E-state index contributed by atoms with van der Waals surface area (Å²) in [6, 6.07) is -0.253. The lowest BCUT2D eigenvalue weighted by atomic mass is 10.3. The molecule has 0 bridgehead atoms. The van der Waals surface area contributed by atoms with Gasteiger partial charge in [-0.25, -0.2) is 18.1 Å². The van der Waals surface area contributed by atoms with E-state index in [-0.39, 0.29) is 11.1 Å². The zero-order chi connectivity index (χ0) is 12.2. The first-order valence-corrected chi connectivity index (χ1v) is 7.93. The number of nitrogens with zero attached hydrogens (tertiary/aromatic N) is 1. The number of sulfonamides is 1. The summed E-state index contributed by atoms with van der Waals surface area (Å²) in [6.45, 7) is 1.74. The van der Waals surface area contributed by atoms with Crippen LogP contribution >= 0.6 is 0 Å². The minimum absolute atomic E-state index is 0.0389. The highest BCUT2D eigenvalue weighted by atomic mass is 32.2. The number of H-pyrrole nitrogens is 1. The Morgan fingerprint density at radius 3 is 2.81 bits per heavy atom. The molecule has 1 rings (SSSR count). The summed E-state index contributed by atoms with van der Waals surface area (Å²) in [6.07, 6.45) is 4.68. The summed E-state index contributed by atoms with van der Waals surface area (Å²) in [7, 11) is -4.44. The van der Waals surface area contributed by atoms with Gasteiger partial charge in [0.15, 0.2) is 5.03 Å². The average molecular weight is 265 g/mol. The van der Waals surface area contributed by atoms with Crippen LogP contribution in [0.4, 0.5) is 0 Å². The molecular formula is C8H15N3O3S2. The van der Waals surface area contributed by atoms with E-state index in [1.165, 1.54) is 12.5 Å². The van der Waals surface area contributed by atoms with E-state index in [9.17, 15) is 12.6 Å². The molecule has 1 heterocycles. The van der Waals surface area contributed by atoms with Crippen molar-refractivity contribution in [3.8, 4) is 0 Å². The molecule has 0 saturated heterocycles. The van der Waals surface area contributed by atoms with Crippen LogP contribution < -0.4 is 4.72 Å². The molecule has 0 spiro atoms. The van der Waals surface area contributed by atoms with Crippen LogP contribution in [0.15, 0.2) is 17.6 Å². The van der Waals surface area contributed by atoms with Crippen LogP contribution in [0, 0.1) is 0 Å². The fourth-order valence-electron chi connectivity index (χ4n) is 1.12. The standard InChI is InChI=1S/C8H15N3O3S2/c1-7(3-4-15(2)12)11-16(13,14)8-5-9-6-10-8/h5-7,11H,3-4H2,1-2H3,(H,9,10). The van der Waals surface area contributed by atoms with Gasteiger partial charge in [0.1, 0.15) is 0 Å². The number of aromatic amines is 1. The Kier molecular flexibility index (Phi) is 4.63. The minimum atomic E-state index is -3.53. The molecule has 0 radical (unpaired) electrons. The number of nitrogens with one attached hydrogen (secondary N) is 2. The number of imidazole rings is 1. The molecule has 0 saturated carbocycles. The summed E-state index contributed by atoms with van der Waals surface area (Å²) in [5.74, 6) is 0.479. The van der Waals surface area contributed by atoms with Crippen molar-refractivity contribution in [2.45, 2.75) is 24.4 Å². The zero-order valence-corrected chi connectivity index (χ0v) is 10.8. The first-order chi connectivity index (χ1) is 7.42. The molecule has 0 aliphatic rings. The molecule has 1 aromatic heterocycles. The van der Waals surface area contributed by atoms with Gasteiger partial charge in [0, 0.05) is 28.9 Å². The van der Waals surface area contributed by atoms with Crippen LogP contribution in [0.25, 0.3) is 0 Å². The maximum Gasteiger partial charge on any atom is 0.257 e. The number of hydrogen-bond donors (Lipinski definition) is 2. The summed E-state index contributed by atoms with van der Waals surface area (Å²) >= 11 is 0. The summed E-state index contributed by atoms with van der Waals surface area (Å²) in [4.78, 5) is 6.17. The Hall–Kier alpha value is -0.730. The van der Waals surface area contributed by atoms with Crippen LogP contribution in [-0.2, 0) is 20.8 Å². The van der Waals surface area contributed by atoms with Crippen molar-refractivity contribution in [3.63, 3.8) is 0 Å². The Bertz CT molecular complexity index is 441. The Balaban J connectivity index is 2.57. The van der Waals surface area contributed by atoms with E-state index in [0.29, 0.717) is 12.2 Å². The van der Waals surface area contributed by atoms with E-state index in [1.54, 1.807) is 13.2 Å². The van der Waals surface area contributed by atoms with Gasteiger partial charge in [-0.15, -0.1) is 0 Å². The van der Waals surface area contributed by atoms with Crippen LogP contribution in [0.3, 0.4) is 0 Å². The molecule has 16 heavy (non-hydrogen) atoms. The molecule has 2 unspecified atom stereocenters. The fourth-order valence-corrected chi connectivity index (χ4v) is 2.99. The third-order valence-corrected chi connectivity index (χ3v) is 4.28. The molecule has 2 atom stereocenters. The molecule has 0 fully saturated rings. The zero-order valence-electron chi connectivity index (χ0n) is 9.13. The topological polar surface area (TPSA) is 91.9 Å². The maximum absolute atomic E-state index is 11.7. The SMILES string of the molecule is CC(CCS(C)=O)NS(=O)(=O)c1cnc[nH]1. The molecule has 1 aromatic rings. The van der Waals surface area contributed by atoms with Gasteiger partial charge < -0.3 is 4.98 Å². The molecule has 8 heteroatoms. The average Bonchev–Trinajstić information content (AvgIpc) is 2.67. The highest BCUT2D eigenvalue weighted by Crippen LogP contribution is 2.04. The van der Waals surface area contributed by atoms with Crippen molar-refractivity contribution in [2.24, 2.45) is 0 Å². The number of rotatable bonds is 6. The van der Waals surface area contributed by atoms with Gasteiger partial charge in [-0.1, -0.05) is 0 Å². The quantitative estimate of drug-likeness (QED) is 0.748. The summed E-state index contributed by atoms with van der Waals surface area (Å²) in [5, 5.41) is 0.0389. The van der Waals surface area contributed by atoms with Crippen molar-refractivity contribution in [2.75, 3.05) is 12.0 Å². The van der Waals surface area contributed by atoms with Gasteiger partial charge in [0.25, 0.3) is 10.0 Å². The molecule has 2 N–H and O–H groups in total. The molecule has 6 nitrogen and oxygen atoms in total. The normalized spacial score (nSPS) is 15.9. The van der Waals surface area contributed by atoms with Crippen LogP contribution in [-0.4, -0.2) is 40.6 Å². The second-order valence-corrected chi connectivity index (χ2v) is 6.74. The van der Waals surface area contributed by atoms with Crippen molar-refractivity contribution in [1.29, 1.82) is 0 Å². The first-order valence-electron chi connectivity index (χ1n) is 4.72. The van der Waals surface area contributed by atoms with E-state index < -0.39 is 20.8 Å². The summed E-state index contributed by atoms with van der Waals surface area (Å²) in [5.41, 5.74) is 0. The van der Waals surface area contributed by atoms with Crippen molar-refractivity contribution >= 4 is 20.8 Å². The molecule has 0 amide bonds. The van der Waals surface area contributed by atoms with E-state index in [1.807, 2.05) is 0 Å². The highest BCUT2D eigenvalue weighted by Gasteiger charge is 2.18. The van der Waals surface area contributed by atoms with Gasteiger partial charge in [-0.3, -0.25) is 4.21 Å². The maximum atomic E-state index is 11.7. The fraction of sp³-hybridized carbons (Fsp3) is 0.625. The lowest BCUT2D eigenvalue weighted by molar-refractivity contribution is 0.553. The van der Waals surface area contributed by atoms with Gasteiger partial charge in [0.2, 0.25) is 0 Å². The summed E-state index contributed by atoms with van der Waals surface area (Å²) < 4.78 is 36.7. The first kappa shape index (κ1) is 13.3. The second-order valence-electron chi connectivity index (χ2n) is 3.50. The Morgan fingerprint density at radius 2 is 2.31 bits per heavy atom. The molecule has 92 valence electrons. The largest absolute Gasteiger partial charge is 0.335 e. The van der Waals surface area contributed by atoms with Crippen molar-refractivity contribution in [3.05, 3.63) is 12.5 Å². The van der Waals surface area contributed by atoms with E-state index in [0.717, 1.165) is 0 Å². The van der Waals surface area contributed by atoms with Gasteiger partial charge in [-0.05, 0) is 13.3 Å². The van der Waals surface area contributed by atoms with Crippen LogP contribution in [0.2, 0.25) is 0 Å². The third-order valence-electron chi connectivity index (χ3n) is 1.96. The van der Waals surface area contributed by atoms with Gasteiger partial charge in [0.05, 0.1) is 12.5 Å². The predicted molar refractivity (Wildman–Crippen MR) is 61.9 cm³/mol. The van der Waals surface area contributed by atoms with Gasteiger partial charge >= 0.3 is 0 Å². The monoisotopic (exact) mass is 265 g/mol. The number of hydrogen-bond acceptors (Lipinski definition) is 4. The van der Waals surface area contributed by atoms with Crippen molar-refractivity contribution < 1.29 is 12.6 Å². The smallest absolute Gasteiger partial charge is 0.257 e. The third kappa shape index (κ3) is 4.03. The van der Waals surface area contributed by atoms with E-state index in [4.69, 9.17) is 0 Å². The van der Waals surface area contributed by atoms with Gasteiger partial charge in [-0.2, -0.15) is 0 Å². The lowest BCUT2D eigenvalue weighted by Crippen LogP contribution is -2.33. The Labute approximate surface area is 97.4 Å². The molecule has 0 aliphatic heterocycles. The molecule has 0 aromatic carbocycles. The molecule has 0 aliphatic carbocycles. The highest BCUT2D eigenvalue weighted by molar-refractivity contribution is 7.89. The predicted octanol–water partition coefficient (Wildman–Crippen LogP) is -0.155. The van der Waals surface area contributed by atoms with Crippen LogP contribution in [0.5, 0.6) is 0 Å². The number of aromatic nitrogens is 2. The Morgan fingerprint density at radius 1 is 1.62 bits per heavy atom. The lowest BCUT2D eigenvalue weighted by Gasteiger charge is -2.12.